The average molecular weight is 244 g/mol. The van der Waals surface area contributed by atoms with Crippen molar-refractivity contribution < 1.29 is 4.79 Å². The van der Waals surface area contributed by atoms with Gasteiger partial charge in [-0.2, -0.15) is 5.10 Å². The highest BCUT2D eigenvalue weighted by Crippen LogP contribution is 2.08. The van der Waals surface area contributed by atoms with E-state index < -0.39 is 0 Å². The number of rotatable bonds is 4. The number of nitrogens with zero attached hydrogens (tertiary/aromatic N) is 3. The largest absolute Gasteiger partial charge is 0.341 e. The molecule has 0 radical (unpaired) electrons. The molecule has 2 aromatic rings. The minimum Gasteiger partial charge on any atom is -0.341 e. The van der Waals surface area contributed by atoms with Crippen molar-refractivity contribution in [3.8, 4) is 0 Å². The van der Waals surface area contributed by atoms with Gasteiger partial charge in [0.1, 0.15) is 0 Å². The van der Waals surface area contributed by atoms with Crippen LogP contribution in [0.5, 0.6) is 0 Å². The summed E-state index contributed by atoms with van der Waals surface area (Å²) in [5.74, 6) is 0.0850. The molecule has 0 aromatic carbocycles. The second-order valence-corrected chi connectivity index (χ2v) is 4.30. The van der Waals surface area contributed by atoms with Gasteiger partial charge in [-0.15, -0.1) is 0 Å². The van der Waals surface area contributed by atoms with Gasteiger partial charge in [0.2, 0.25) is 5.91 Å². The first kappa shape index (κ1) is 12.3. The van der Waals surface area contributed by atoms with Crippen LogP contribution in [0.3, 0.4) is 0 Å². The number of nitrogens with one attached hydrogen (secondary N) is 1. The Kier molecular flexibility index (Phi) is 3.72. The van der Waals surface area contributed by atoms with Gasteiger partial charge in [0.05, 0.1) is 12.6 Å². The van der Waals surface area contributed by atoms with Crippen LogP contribution >= 0.6 is 0 Å². The Labute approximate surface area is 106 Å². The second-order valence-electron chi connectivity index (χ2n) is 4.30. The van der Waals surface area contributed by atoms with E-state index in [0.29, 0.717) is 13.0 Å². The number of aromatic nitrogens is 3. The minimum atomic E-state index is 0.0850. The molecule has 1 N–H and O–H groups in total. The summed E-state index contributed by atoms with van der Waals surface area (Å²) in [6, 6.07) is 3.71. The molecule has 0 aliphatic heterocycles. The summed E-state index contributed by atoms with van der Waals surface area (Å²) in [6.45, 7) is 2.52. The first-order valence-electron chi connectivity index (χ1n) is 5.78. The molecule has 2 aromatic heterocycles. The lowest BCUT2D eigenvalue weighted by atomic mass is 10.1. The fourth-order valence-electron chi connectivity index (χ4n) is 1.69. The van der Waals surface area contributed by atoms with E-state index in [1.54, 1.807) is 30.5 Å². The normalized spacial score (nSPS) is 10.3. The van der Waals surface area contributed by atoms with Gasteiger partial charge in [0, 0.05) is 37.2 Å². The van der Waals surface area contributed by atoms with Crippen molar-refractivity contribution >= 4 is 5.91 Å². The van der Waals surface area contributed by atoms with Crippen LogP contribution in [0.1, 0.15) is 16.8 Å². The molecule has 18 heavy (non-hydrogen) atoms. The summed E-state index contributed by atoms with van der Waals surface area (Å²) < 4.78 is 0. The number of likely N-dealkylation sites (N-methyl/N-ethyl adjacent to an activating group) is 1. The number of carbonyl (C=O) groups excluding carboxylic acids is 1. The second kappa shape index (κ2) is 5.44. The number of H-pyrrole nitrogens is 1. The molecule has 1 amide bonds. The third-order valence-electron chi connectivity index (χ3n) is 2.87. The highest BCUT2D eigenvalue weighted by atomic mass is 16.2. The monoisotopic (exact) mass is 244 g/mol. The lowest BCUT2D eigenvalue weighted by Crippen LogP contribution is -2.27. The number of hydrogen-bond donors (Lipinski definition) is 1. The maximum Gasteiger partial charge on any atom is 0.227 e. The first-order valence-corrected chi connectivity index (χ1v) is 5.78. The summed E-state index contributed by atoms with van der Waals surface area (Å²) in [6.07, 6.45) is 5.55. The van der Waals surface area contributed by atoms with Gasteiger partial charge in [-0.1, -0.05) is 0 Å². The zero-order chi connectivity index (χ0) is 13.0. The third kappa shape index (κ3) is 2.94. The average Bonchev–Trinajstić information content (AvgIpc) is 2.76. The zero-order valence-corrected chi connectivity index (χ0v) is 10.6. The Bertz CT molecular complexity index is 521. The van der Waals surface area contributed by atoms with E-state index in [2.05, 4.69) is 15.2 Å². The number of amides is 1. The van der Waals surface area contributed by atoms with Crippen molar-refractivity contribution in [1.29, 1.82) is 0 Å². The Morgan fingerprint density at radius 1 is 1.39 bits per heavy atom. The van der Waals surface area contributed by atoms with Gasteiger partial charge in [0.15, 0.2) is 0 Å². The fourth-order valence-corrected chi connectivity index (χ4v) is 1.69. The Balaban J connectivity index is 1.95. The molecule has 0 bridgehead atoms. The van der Waals surface area contributed by atoms with Crippen molar-refractivity contribution in [3.05, 3.63) is 47.5 Å². The number of pyridine rings is 1. The van der Waals surface area contributed by atoms with Crippen LogP contribution < -0.4 is 0 Å². The smallest absolute Gasteiger partial charge is 0.227 e. The Hall–Kier alpha value is -2.17. The van der Waals surface area contributed by atoms with E-state index in [1.807, 2.05) is 19.1 Å². The van der Waals surface area contributed by atoms with Crippen molar-refractivity contribution in [2.75, 3.05) is 7.05 Å². The number of aryl methyl sites for hydroxylation is 1. The van der Waals surface area contributed by atoms with Crippen LogP contribution in [0, 0.1) is 6.92 Å². The van der Waals surface area contributed by atoms with Gasteiger partial charge >= 0.3 is 0 Å². The molecule has 0 fully saturated rings. The highest BCUT2D eigenvalue weighted by molar-refractivity contribution is 5.78. The zero-order valence-electron chi connectivity index (χ0n) is 10.6. The van der Waals surface area contributed by atoms with E-state index in [-0.39, 0.29) is 5.91 Å². The predicted molar refractivity (Wildman–Crippen MR) is 67.7 cm³/mol. The molecule has 5 heteroatoms. The lowest BCUT2D eigenvalue weighted by molar-refractivity contribution is -0.129. The van der Waals surface area contributed by atoms with Gasteiger partial charge in [-0.3, -0.25) is 14.9 Å². The summed E-state index contributed by atoms with van der Waals surface area (Å²) in [5.41, 5.74) is 3.02. The van der Waals surface area contributed by atoms with E-state index in [4.69, 9.17) is 0 Å². The number of aromatic amines is 1. The van der Waals surface area contributed by atoms with Crippen LogP contribution in [-0.2, 0) is 17.8 Å². The molecule has 94 valence electrons. The van der Waals surface area contributed by atoms with Gasteiger partial charge in [0.25, 0.3) is 0 Å². The topological polar surface area (TPSA) is 61.9 Å². The predicted octanol–water partition coefficient (Wildman–Crippen LogP) is 1.31. The first-order chi connectivity index (χ1) is 8.66. The molecular weight excluding hydrogens is 228 g/mol. The summed E-state index contributed by atoms with van der Waals surface area (Å²) in [4.78, 5) is 17.7. The van der Waals surface area contributed by atoms with Gasteiger partial charge in [-0.25, -0.2) is 0 Å². The maximum absolute atomic E-state index is 12.0. The Morgan fingerprint density at radius 2 is 2.11 bits per heavy atom. The van der Waals surface area contributed by atoms with E-state index in [9.17, 15) is 4.79 Å². The highest BCUT2D eigenvalue weighted by Gasteiger charge is 2.11. The summed E-state index contributed by atoms with van der Waals surface area (Å²) in [7, 11) is 1.80. The van der Waals surface area contributed by atoms with Crippen LogP contribution in [0.4, 0.5) is 0 Å². The molecule has 0 spiro atoms. The van der Waals surface area contributed by atoms with E-state index in [0.717, 1.165) is 16.8 Å². The summed E-state index contributed by atoms with van der Waals surface area (Å²) >= 11 is 0. The van der Waals surface area contributed by atoms with Crippen molar-refractivity contribution in [3.63, 3.8) is 0 Å². The molecule has 2 rings (SSSR count). The SMILES string of the molecule is Cc1[nH]ncc1CN(C)C(=O)Cc1ccncc1. The van der Waals surface area contributed by atoms with Crippen molar-refractivity contribution in [2.45, 2.75) is 19.9 Å². The molecule has 5 nitrogen and oxygen atoms in total. The van der Waals surface area contributed by atoms with Crippen LogP contribution in [-0.4, -0.2) is 33.0 Å². The number of carbonyl (C=O) groups is 1. The van der Waals surface area contributed by atoms with Crippen molar-refractivity contribution in [1.82, 2.24) is 20.1 Å². The third-order valence-corrected chi connectivity index (χ3v) is 2.87. The standard InChI is InChI=1S/C13H16N4O/c1-10-12(8-15-16-10)9-17(2)13(18)7-11-3-5-14-6-4-11/h3-6,8H,7,9H2,1-2H3,(H,15,16). The molecule has 2 heterocycles. The van der Waals surface area contributed by atoms with E-state index >= 15 is 0 Å². The maximum atomic E-state index is 12.0. The quantitative estimate of drug-likeness (QED) is 0.882. The van der Waals surface area contributed by atoms with Crippen LogP contribution in [0.2, 0.25) is 0 Å². The molecule has 0 aliphatic carbocycles. The van der Waals surface area contributed by atoms with E-state index in [1.165, 1.54) is 0 Å². The van der Waals surface area contributed by atoms with Crippen molar-refractivity contribution in [2.24, 2.45) is 0 Å². The minimum absolute atomic E-state index is 0.0850. The Morgan fingerprint density at radius 3 is 2.72 bits per heavy atom. The van der Waals surface area contributed by atoms with Crippen LogP contribution in [0.15, 0.2) is 30.7 Å². The molecule has 0 saturated heterocycles. The van der Waals surface area contributed by atoms with Gasteiger partial charge < -0.3 is 4.90 Å². The fraction of sp³-hybridized carbons (Fsp3) is 0.308. The molecular formula is C13H16N4O. The molecule has 0 unspecified atom stereocenters. The molecule has 0 atom stereocenters. The summed E-state index contributed by atoms with van der Waals surface area (Å²) in [5, 5.41) is 6.81. The van der Waals surface area contributed by atoms with Crippen LogP contribution in [0.25, 0.3) is 0 Å². The lowest BCUT2D eigenvalue weighted by Gasteiger charge is -2.16. The molecule has 0 aliphatic rings. The van der Waals surface area contributed by atoms with Gasteiger partial charge in [-0.05, 0) is 24.6 Å². The number of hydrogen-bond acceptors (Lipinski definition) is 3. The molecule has 0 saturated carbocycles.